The molecule has 0 unspecified atom stereocenters. The van der Waals surface area contributed by atoms with Crippen LogP contribution in [-0.4, -0.2) is 505 Å². The van der Waals surface area contributed by atoms with Crippen LogP contribution in [0.2, 0.25) is 0 Å². The zero-order chi connectivity index (χ0) is 87.5. The van der Waals surface area contributed by atoms with Gasteiger partial charge >= 0.3 is 0 Å². The molecule has 49 atom stereocenters. The summed E-state index contributed by atoms with van der Waals surface area (Å²) in [5.74, 6) is -3.74. The summed E-state index contributed by atoms with van der Waals surface area (Å²) < 4.78 is 116. The molecule has 0 aromatic heterocycles. The van der Waals surface area contributed by atoms with E-state index < -0.39 is 377 Å². The highest BCUT2D eigenvalue weighted by Gasteiger charge is 2.62. The molecule has 0 radical (unpaired) electrons. The fourth-order valence-corrected chi connectivity index (χ4v) is 15.4. The molecule has 119 heavy (non-hydrogen) atoms. The van der Waals surface area contributed by atoms with Crippen molar-refractivity contribution in [1.29, 1.82) is 0 Å². The second kappa shape index (κ2) is 42.2. The molecule has 29 N–H and O–H groups in total. The summed E-state index contributed by atoms with van der Waals surface area (Å²) in [5, 5.41) is 291. The third-order valence-electron chi connectivity index (χ3n) is 22.0. The molecular formula is C67H112N4O48. The summed E-state index contributed by atoms with van der Waals surface area (Å²) >= 11 is 0. The molecule has 10 aliphatic rings. The lowest BCUT2D eigenvalue weighted by Crippen LogP contribution is -2.72. The van der Waals surface area contributed by atoms with Crippen LogP contribution in [0.4, 0.5) is 0 Å². The maximum Gasteiger partial charge on any atom is 0.217 e. The topological polar surface area (TPSA) is 798 Å². The third-order valence-corrected chi connectivity index (χ3v) is 22.0. The Morgan fingerprint density at radius 1 is 0.269 bits per heavy atom. The van der Waals surface area contributed by atoms with Gasteiger partial charge < -0.3 is 239 Å². The van der Waals surface area contributed by atoms with Gasteiger partial charge in [0.2, 0.25) is 23.6 Å². The van der Waals surface area contributed by atoms with Crippen molar-refractivity contribution < 1.29 is 237 Å². The molecule has 52 heteroatoms. The van der Waals surface area contributed by atoms with Crippen LogP contribution in [0.5, 0.6) is 0 Å². The van der Waals surface area contributed by atoms with E-state index in [1.807, 2.05) is 0 Å². The molecule has 10 aliphatic heterocycles. The Hall–Kier alpha value is -3.88. The van der Waals surface area contributed by atoms with Gasteiger partial charge in [-0.15, -0.1) is 0 Å². The van der Waals surface area contributed by atoms with E-state index >= 15 is 0 Å². The summed E-state index contributed by atoms with van der Waals surface area (Å²) in [6.45, 7) is -2.46. The van der Waals surface area contributed by atoms with Crippen molar-refractivity contribution in [1.82, 2.24) is 21.3 Å². The lowest BCUT2D eigenvalue weighted by Gasteiger charge is -2.52. The summed E-state index contributed by atoms with van der Waals surface area (Å²) in [4.78, 5) is 52.0. The Morgan fingerprint density at radius 3 is 1.10 bits per heavy atom. The number of carbonyl (C=O) groups excluding carboxylic acids is 4. The van der Waals surface area contributed by atoms with Crippen LogP contribution >= 0.6 is 0 Å². The van der Waals surface area contributed by atoms with E-state index in [1.165, 1.54) is 13.8 Å². The molecule has 0 aromatic carbocycles. The monoisotopic (exact) mass is 1740 g/mol. The molecule has 0 aliphatic carbocycles. The molecule has 4 amide bonds. The summed E-state index contributed by atoms with van der Waals surface area (Å²) in [7, 11) is 0. The Labute approximate surface area is 675 Å². The van der Waals surface area contributed by atoms with Crippen molar-refractivity contribution in [3.8, 4) is 0 Å². The second-order valence-electron chi connectivity index (χ2n) is 30.5. The van der Waals surface area contributed by atoms with Gasteiger partial charge in [0.1, 0.15) is 226 Å². The average Bonchev–Trinajstić information content (AvgIpc) is 0.759. The van der Waals surface area contributed by atoms with Crippen LogP contribution in [0, 0.1) is 0 Å². The highest BCUT2D eigenvalue weighted by Crippen LogP contribution is 2.41. The van der Waals surface area contributed by atoms with Crippen LogP contribution in [-0.2, 0) is 109 Å². The average molecular weight is 1740 g/mol. The van der Waals surface area contributed by atoms with Crippen molar-refractivity contribution in [3.05, 3.63) is 0 Å². The van der Waals surface area contributed by atoms with Crippen molar-refractivity contribution in [2.75, 3.05) is 52.9 Å². The minimum absolute atomic E-state index is 0.866. The van der Waals surface area contributed by atoms with Crippen molar-refractivity contribution in [3.63, 3.8) is 0 Å². The lowest BCUT2D eigenvalue weighted by molar-refractivity contribution is -0.412. The first kappa shape index (κ1) is 97.3. The quantitative estimate of drug-likeness (QED) is 0.0331. The van der Waals surface area contributed by atoms with Gasteiger partial charge in [-0.05, 0) is 13.8 Å². The fraction of sp³-hybridized carbons (Fsp3) is 0.940. The number of rotatable bonds is 29. The summed E-state index contributed by atoms with van der Waals surface area (Å²) in [6.07, 6.45) is -94.1. The summed E-state index contributed by atoms with van der Waals surface area (Å²) in [6, 6.07) is -7.66. The van der Waals surface area contributed by atoms with Gasteiger partial charge in [0.15, 0.2) is 62.9 Å². The van der Waals surface area contributed by atoms with Crippen molar-refractivity contribution in [2.24, 2.45) is 0 Å². The Bertz CT molecular complexity index is 3220. The van der Waals surface area contributed by atoms with Gasteiger partial charge in [-0.1, -0.05) is 0 Å². The third kappa shape index (κ3) is 21.7. The highest BCUT2D eigenvalue weighted by molar-refractivity contribution is 5.74. The van der Waals surface area contributed by atoms with Gasteiger partial charge in [-0.2, -0.15) is 0 Å². The predicted molar refractivity (Wildman–Crippen MR) is 367 cm³/mol. The first-order valence-corrected chi connectivity index (χ1v) is 38.3. The van der Waals surface area contributed by atoms with Gasteiger partial charge in [-0.3, -0.25) is 19.2 Å². The van der Waals surface area contributed by atoms with E-state index in [0.29, 0.717) is 0 Å². The number of carbonyl (C=O) groups is 4. The van der Waals surface area contributed by atoms with Crippen LogP contribution in [0.1, 0.15) is 41.5 Å². The number of nitrogens with one attached hydrogen (secondary N) is 4. The molecule has 688 valence electrons. The minimum atomic E-state index is -2.58. The zero-order valence-corrected chi connectivity index (χ0v) is 64.5. The Balaban J connectivity index is 1.08. The van der Waals surface area contributed by atoms with Crippen LogP contribution in [0.3, 0.4) is 0 Å². The predicted octanol–water partition coefficient (Wildman–Crippen LogP) is -19.5. The van der Waals surface area contributed by atoms with Gasteiger partial charge in [0, 0.05) is 27.7 Å². The van der Waals surface area contributed by atoms with E-state index in [2.05, 4.69) is 21.3 Å². The maximum atomic E-state index is 13.7. The van der Waals surface area contributed by atoms with Crippen LogP contribution in [0.15, 0.2) is 0 Å². The van der Waals surface area contributed by atoms with E-state index in [0.717, 1.165) is 27.7 Å². The van der Waals surface area contributed by atoms with Crippen LogP contribution < -0.4 is 21.3 Å². The fourth-order valence-electron chi connectivity index (χ4n) is 15.4. The standard InChI is InChI=1S/C67H112N4O48/c1-15-33(82)44(93)49(98)62(104-15)102-14-28-52(53(32(58(100)106-28)71-20(6)80)115-64-50(99)45(94)34(83)16(2)105-64)114-61-31(70-19(5)79)43(92)51(26(11-76)111-61)113-67-57(119-63-48(97)35(84)21(81)12-101-63)54(116-66-56(47(96)39(88)25(10-75)110-66)118-60-30(69-18(4)78)42(91)37(86)23(8-73)108-60)40(89)27(112-67)13-103-65-55(46(95)38(87)24(9-74)109-65)117-59-29(68-17(3)77)41(90)36(85)22(7-72)107-59/h15-16,21-67,72-76,81-100H,7-14H2,1-6H3,(H,68,77)(H,69,78)(H,70,79)(H,71,80)/t15-,16-,21+,22+,23+,24+,25+,26+,27+,28+,29+,30+,31+,32+,33+,34+,35-,36+,37+,38+,39+,40+,41+,42+,43+,44+,45+,46-,47-,48+,49-,50-,51+,52+,53+,54-,55-,56-,57-,58+,59-,60-,61-,62+,63-,64-,65-,66+,67-/m0/s1. The Kier molecular flexibility index (Phi) is 34.5. The minimum Gasteiger partial charge on any atom is -0.394 e. The van der Waals surface area contributed by atoms with Crippen molar-refractivity contribution in [2.45, 2.75) is 342 Å². The van der Waals surface area contributed by atoms with E-state index in [4.69, 9.17) is 90.0 Å². The first-order valence-electron chi connectivity index (χ1n) is 38.3. The molecule has 0 aromatic rings. The number of hydrogen-bond acceptors (Lipinski definition) is 48. The highest BCUT2D eigenvalue weighted by atomic mass is 16.8. The van der Waals surface area contributed by atoms with Crippen LogP contribution in [0.25, 0.3) is 0 Å². The normalized spacial score (nSPS) is 50.0. The number of aliphatic hydroxyl groups is 25. The molecule has 10 saturated heterocycles. The second-order valence-corrected chi connectivity index (χ2v) is 30.5. The summed E-state index contributed by atoms with van der Waals surface area (Å²) in [5.41, 5.74) is 0. The SMILES string of the molecule is CC(=O)N[C@@H]1[C@@H](O[C@@H]2O[C@@H](C)[C@@H](O)[C@@H](O)[C@@H]2O)[C@H](O[C@@H]2O[C@H](CO)[C@@H](O[C@@H]3O[C@H](CO[C@H]4O[C@H](CO)[C@@H](O)[C@H](O)[C@@H]4O[C@@H]4O[C@H](CO)[C@@H](O)[C@H](O)[C@H]4NC(C)=O)[C@@H](O)[C@H](O[C@H]4O[C@H](CO)[C@@H](O)[C@H](O)[C@@H]4O[C@@H]4O[C@H](CO)[C@@H](O)[C@H](O)[C@H]4NC(C)=O)[C@@H]3O[C@@H]3OC[C@@H](O)[C@H](O)[C@H]3O)[C@H](O)[C@H]2NC(C)=O)[C@@H](CO[C@@H]2O[C@@H](C)[C@@H](O)[C@@H](O)[C@@H]2O)O[C@H]1O. The Morgan fingerprint density at radius 2 is 0.613 bits per heavy atom. The number of amides is 4. The molecule has 10 rings (SSSR count). The molecule has 0 spiro atoms. The van der Waals surface area contributed by atoms with Gasteiger partial charge in [0.25, 0.3) is 0 Å². The number of aliphatic hydroxyl groups excluding tert-OH is 25. The number of hydrogen-bond donors (Lipinski definition) is 29. The maximum absolute atomic E-state index is 13.7. The molecule has 52 nitrogen and oxygen atoms in total. The smallest absolute Gasteiger partial charge is 0.217 e. The van der Waals surface area contributed by atoms with E-state index in [1.54, 1.807) is 0 Å². The zero-order valence-electron chi connectivity index (χ0n) is 64.5. The van der Waals surface area contributed by atoms with E-state index in [9.17, 15) is 147 Å². The van der Waals surface area contributed by atoms with Gasteiger partial charge in [0.05, 0.1) is 65.1 Å². The van der Waals surface area contributed by atoms with E-state index in [-0.39, 0.29) is 0 Å². The molecule has 10 heterocycles. The lowest BCUT2D eigenvalue weighted by atomic mass is 9.93. The number of ether oxygens (including phenoxy) is 19. The molecule has 0 saturated carbocycles. The molecule has 0 bridgehead atoms. The largest absolute Gasteiger partial charge is 0.394 e. The van der Waals surface area contributed by atoms with Gasteiger partial charge in [-0.25, -0.2) is 0 Å². The molecule has 10 fully saturated rings. The first-order chi connectivity index (χ1) is 56.2. The molecular weight excluding hydrogens is 1630 g/mol. The van der Waals surface area contributed by atoms with Crippen molar-refractivity contribution >= 4 is 23.6 Å².